The molecule has 0 aliphatic carbocycles. The summed E-state index contributed by atoms with van der Waals surface area (Å²) >= 11 is 6.38. The minimum Gasteiger partial charge on any atom is -0.341 e. The van der Waals surface area contributed by atoms with E-state index in [0.717, 1.165) is 24.9 Å². The maximum absolute atomic E-state index is 12.8. The van der Waals surface area contributed by atoms with Crippen LogP contribution in [0, 0.1) is 11.3 Å². The van der Waals surface area contributed by atoms with Gasteiger partial charge in [0.05, 0.1) is 12.1 Å². The number of aromatic nitrogens is 3. The Balaban J connectivity index is 1.94. The molecule has 1 saturated heterocycles. The molecular formula is C20H21ClN6O. The van der Waals surface area contributed by atoms with E-state index in [1.807, 2.05) is 28.8 Å². The van der Waals surface area contributed by atoms with E-state index in [4.69, 9.17) is 17.3 Å². The van der Waals surface area contributed by atoms with E-state index >= 15 is 0 Å². The van der Waals surface area contributed by atoms with Gasteiger partial charge < -0.3 is 19.8 Å². The van der Waals surface area contributed by atoms with E-state index in [0.29, 0.717) is 40.8 Å². The third kappa shape index (κ3) is 3.15. The second-order valence-electron chi connectivity index (χ2n) is 7.18. The van der Waals surface area contributed by atoms with Crippen molar-refractivity contribution < 1.29 is 0 Å². The molecule has 0 amide bonds. The van der Waals surface area contributed by atoms with Crippen LogP contribution in [0.2, 0.25) is 5.02 Å². The van der Waals surface area contributed by atoms with Crippen molar-refractivity contribution in [3.8, 4) is 6.07 Å². The molecule has 4 rings (SSSR count). The number of nitriles is 1. The largest absolute Gasteiger partial charge is 0.341 e. The molecule has 3 heterocycles. The standard InChI is InChI=1S/C20H21ClN6O/c1-25-15(10-22)9-17-18(19(25)28)24-20(26-8-4-6-14(23)12-26)27(17)11-13-5-2-3-7-16(13)21/h2-3,5,7,9,14H,4,6,8,11-12,23H2,1H3/t14-/m1/s1. The van der Waals surface area contributed by atoms with Gasteiger partial charge in [0.2, 0.25) is 5.95 Å². The fourth-order valence-electron chi connectivity index (χ4n) is 3.74. The van der Waals surface area contributed by atoms with E-state index in [1.54, 1.807) is 13.1 Å². The molecule has 1 aromatic carbocycles. The predicted molar refractivity (Wildman–Crippen MR) is 110 cm³/mol. The molecule has 3 aromatic rings. The van der Waals surface area contributed by atoms with Crippen LogP contribution in [0.1, 0.15) is 24.1 Å². The van der Waals surface area contributed by atoms with Gasteiger partial charge in [0.15, 0.2) is 5.52 Å². The lowest BCUT2D eigenvalue weighted by Crippen LogP contribution is -2.44. The first-order chi connectivity index (χ1) is 13.5. The average Bonchev–Trinajstić information content (AvgIpc) is 3.05. The fourth-order valence-corrected chi connectivity index (χ4v) is 3.94. The quantitative estimate of drug-likeness (QED) is 0.732. The SMILES string of the molecule is Cn1c(C#N)cc2c(nc(N3CCC[C@@H](N)C3)n2Cc2ccccc2Cl)c1=O. The number of anilines is 1. The number of hydrogen-bond acceptors (Lipinski definition) is 5. The highest BCUT2D eigenvalue weighted by atomic mass is 35.5. The van der Waals surface area contributed by atoms with E-state index in [2.05, 4.69) is 16.0 Å². The average molecular weight is 397 g/mol. The van der Waals surface area contributed by atoms with Gasteiger partial charge in [-0.25, -0.2) is 4.98 Å². The fraction of sp³-hybridized carbons (Fsp3) is 0.350. The van der Waals surface area contributed by atoms with E-state index < -0.39 is 0 Å². The molecule has 0 spiro atoms. The van der Waals surface area contributed by atoms with E-state index in [-0.39, 0.29) is 11.6 Å². The number of benzene rings is 1. The summed E-state index contributed by atoms with van der Waals surface area (Å²) in [7, 11) is 1.59. The molecule has 0 unspecified atom stereocenters. The number of imidazole rings is 1. The zero-order valence-electron chi connectivity index (χ0n) is 15.6. The summed E-state index contributed by atoms with van der Waals surface area (Å²) in [4.78, 5) is 19.6. The Morgan fingerprint density at radius 1 is 1.39 bits per heavy atom. The van der Waals surface area contributed by atoms with Crippen molar-refractivity contribution in [2.45, 2.75) is 25.4 Å². The summed E-state index contributed by atoms with van der Waals surface area (Å²) in [6.07, 6.45) is 1.94. The van der Waals surface area contributed by atoms with Crippen LogP contribution < -0.4 is 16.2 Å². The topological polar surface area (TPSA) is 92.9 Å². The summed E-state index contributed by atoms with van der Waals surface area (Å²) in [5.74, 6) is 0.692. The molecule has 1 aliphatic heterocycles. The lowest BCUT2D eigenvalue weighted by molar-refractivity contribution is 0.495. The van der Waals surface area contributed by atoms with Crippen molar-refractivity contribution in [1.82, 2.24) is 14.1 Å². The summed E-state index contributed by atoms with van der Waals surface area (Å²) < 4.78 is 3.30. The Labute approximate surface area is 167 Å². The van der Waals surface area contributed by atoms with Gasteiger partial charge in [-0.15, -0.1) is 0 Å². The number of pyridine rings is 1. The molecule has 1 atom stereocenters. The Kier molecular flexibility index (Phi) is 4.84. The van der Waals surface area contributed by atoms with Crippen molar-refractivity contribution in [2.75, 3.05) is 18.0 Å². The van der Waals surface area contributed by atoms with Crippen molar-refractivity contribution in [2.24, 2.45) is 12.8 Å². The summed E-state index contributed by atoms with van der Waals surface area (Å²) in [6.45, 7) is 1.96. The first-order valence-electron chi connectivity index (χ1n) is 9.24. The molecule has 1 aliphatic rings. The zero-order chi connectivity index (χ0) is 19.8. The van der Waals surface area contributed by atoms with Gasteiger partial charge in [0.25, 0.3) is 5.56 Å². The molecule has 28 heavy (non-hydrogen) atoms. The van der Waals surface area contributed by atoms with Gasteiger partial charge in [0, 0.05) is 31.2 Å². The molecule has 1 fully saturated rings. The second-order valence-corrected chi connectivity index (χ2v) is 7.58. The molecule has 8 heteroatoms. The number of nitrogens with zero attached hydrogens (tertiary/aromatic N) is 5. The van der Waals surface area contributed by atoms with Crippen molar-refractivity contribution >= 4 is 28.6 Å². The van der Waals surface area contributed by atoms with Crippen LogP contribution in [0.4, 0.5) is 5.95 Å². The van der Waals surface area contributed by atoms with Crippen LogP contribution in [0.25, 0.3) is 11.0 Å². The van der Waals surface area contributed by atoms with Crippen LogP contribution in [-0.4, -0.2) is 33.2 Å². The molecule has 2 N–H and O–H groups in total. The van der Waals surface area contributed by atoms with Crippen LogP contribution in [-0.2, 0) is 13.6 Å². The van der Waals surface area contributed by atoms with E-state index in [1.165, 1.54) is 4.57 Å². The van der Waals surface area contributed by atoms with Crippen LogP contribution in [0.15, 0.2) is 35.1 Å². The zero-order valence-corrected chi connectivity index (χ0v) is 16.4. The minimum atomic E-state index is -0.283. The predicted octanol–water partition coefficient (Wildman–Crippen LogP) is 2.24. The Bertz CT molecular complexity index is 1140. The monoisotopic (exact) mass is 396 g/mol. The summed E-state index contributed by atoms with van der Waals surface area (Å²) in [5.41, 5.74) is 8.09. The molecule has 0 bridgehead atoms. The second kappa shape index (κ2) is 7.30. The highest BCUT2D eigenvalue weighted by Crippen LogP contribution is 2.27. The summed E-state index contributed by atoms with van der Waals surface area (Å²) in [6, 6.07) is 11.5. The molecule has 0 saturated carbocycles. The van der Waals surface area contributed by atoms with Crippen molar-refractivity contribution in [3.05, 3.63) is 57.0 Å². The first kappa shape index (κ1) is 18.5. The highest BCUT2D eigenvalue weighted by molar-refractivity contribution is 6.31. The van der Waals surface area contributed by atoms with Gasteiger partial charge in [0.1, 0.15) is 11.8 Å². The number of rotatable bonds is 3. The number of hydrogen-bond donors (Lipinski definition) is 1. The van der Waals surface area contributed by atoms with E-state index in [9.17, 15) is 10.1 Å². The Hall–Kier alpha value is -2.82. The van der Waals surface area contributed by atoms with Gasteiger partial charge in [-0.05, 0) is 30.5 Å². The highest BCUT2D eigenvalue weighted by Gasteiger charge is 2.25. The Morgan fingerprint density at radius 3 is 2.89 bits per heavy atom. The normalized spacial score (nSPS) is 17.1. The van der Waals surface area contributed by atoms with Crippen molar-refractivity contribution in [1.29, 1.82) is 5.26 Å². The van der Waals surface area contributed by atoms with Crippen molar-refractivity contribution in [3.63, 3.8) is 0 Å². The van der Waals surface area contributed by atoms with Gasteiger partial charge in [-0.3, -0.25) is 4.79 Å². The molecule has 0 radical (unpaired) electrons. The lowest BCUT2D eigenvalue weighted by Gasteiger charge is -2.32. The lowest BCUT2D eigenvalue weighted by atomic mass is 10.1. The number of halogens is 1. The van der Waals surface area contributed by atoms with Gasteiger partial charge >= 0.3 is 0 Å². The third-order valence-electron chi connectivity index (χ3n) is 5.27. The van der Waals surface area contributed by atoms with Crippen LogP contribution >= 0.6 is 11.6 Å². The van der Waals surface area contributed by atoms with Gasteiger partial charge in [-0.1, -0.05) is 29.8 Å². The summed E-state index contributed by atoms with van der Waals surface area (Å²) in [5, 5.41) is 10.1. The first-order valence-corrected chi connectivity index (χ1v) is 9.61. The third-order valence-corrected chi connectivity index (χ3v) is 5.64. The maximum atomic E-state index is 12.8. The number of nitrogens with two attached hydrogens (primary N) is 1. The van der Waals surface area contributed by atoms with Gasteiger partial charge in [-0.2, -0.15) is 5.26 Å². The molecule has 7 nitrogen and oxygen atoms in total. The molecular weight excluding hydrogens is 376 g/mol. The smallest absolute Gasteiger partial charge is 0.279 e. The Morgan fingerprint density at radius 2 is 2.18 bits per heavy atom. The van der Waals surface area contributed by atoms with Crippen LogP contribution in [0.5, 0.6) is 0 Å². The minimum absolute atomic E-state index is 0.0693. The molecule has 2 aromatic heterocycles. The number of piperidine rings is 1. The molecule has 144 valence electrons. The maximum Gasteiger partial charge on any atom is 0.279 e. The van der Waals surface area contributed by atoms with Crippen LogP contribution in [0.3, 0.4) is 0 Å². The number of fused-ring (bicyclic) bond motifs is 1.